The third kappa shape index (κ3) is 4.81. The van der Waals surface area contributed by atoms with Gasteiger partial charge in [0, 0.05) is 0 Å². The molecule has 5 nitrogen and oxygen atoms in total. The third-order valence-corrected chi connectivity index (χ3v) is 4.98. The van der Waals surface area contributed by atoms with Gasteiger partial charge >= 0.3 is 5.97 Å². The molecule has 7 heteroatoms. The van der Waals surface area contributed by atoms with Gasteiger partial charge in [-0.25, -0.2) is 8.42 Å². The average Bonchev–Trinajstić information content (AvgIpc) is 2.43. The molecule has 1 atom stereocenters. The van der Waals surface area contributed by atoms with Gasteiger partial charge in [0.1, 0.15) is 6.04 Å². The largest absolute Gasteiger partial charge is 0.480 e. The monoisotopic (exact) mass is 317 g/mol. The molecular formula is C13H19NO4S2. The van der Waals surface area contributed by atoms with Crippen molar-refractivity contribution < 1.29 is 18.3 Å². The minimum atomic E-state index is -3.80. The summed E-state index contributed by atoms with van der Waals surface area (Å²) in [6.45, 7) is 1.98. The Bertz CT molecular complexity index is 540. The van der Waals surface area contributed by atoms with Crippen molar-refractivity contribution in [3.05, 3.63) is 29.8 Å². The summed E-state index contributed by atoms with van der Waals surface area (Å²) in [4.78, 5) is 11.2. The SMILES string of the molecule is CCc1ccc(S(=O)(=O)N[C@@H](CCSC)C(=O)O)cc1. The standard InChI is InChI=1S/C13H19NO4S2/c1-3-10-4-6-11(7-5-10)20(17,18)14-12(13(15)16)8-9-19-2/h4-7,12,14H,3,8-9H2,1-2H3,(H,15,16)/t12-/m0/s1. The zero-order chi connectivity index (χ0) is 15.2. The van der Waals surface area contributed by atoms with Crippen molar-refractivity contribution in [1.82, 2.24) is 4.72 Å². The predicted molar refractivity (Wildman–Crippen MR) is 80.6 cm³/mol. The van der Waals surface area contributed by atoms with E-state index in [4.69, 9.17) is 5.11 Å². The minimum Gasteiger partial charge on any atom is -0.480 e. The maximum absolute atomic E-state index is 12.1. The number of thioether (sulfide) groups is 1. The van der Waals surface area contributed by atoms with Crippen LogP contribution in [0.4, 0.5) is 0 Å². The molecule has 0 fully saturated rings. The highest BCUT2D eigenvalue weighted by molar-refractivity contribution is 7.98. The molecular weight excluding hydrogens is 298 g/mol. The molecule has 112 valence electrons. The second-order valence-corrected chi connectivity index (χ2v) is 6.99. The van der Waals surface area contributed by atoms with E-state index < -0.39 is 22.0 Å². The van der Waals surface area contributed by atoms with Crippen LogP contribution in [0.2, 0.25) is 0 Å². The lowest BCUT2D eigenvalue weighted by Crippen LogP contribution is -2.41. The quantitative estimate of drug-likeness (QED) is 0.763. The zero-order valence-electron chi connectivity index (χ0n) is 11.5. The van der Waals surface area contributed by atoms with Crippen LogP contribution in [0.25, 0.3) is 0 Å². The molecule has 0 aliphatic heterocycles. The van der Waals surface area contributed by atoms with Crippen molar-refractivity contribution in [3.8, 4) is 0 Å². The van der Waals surface area contributed by atoms with E-state index in [1.165, 1.54) is 23.9 Å². The molecule has 0 amide bonds. The molecule has 1 rings (SSSR count). The number of sulfonamides is 1. The number of carbonyl (C=O) groups is 1. The molecule has 0 aliphatic carbocycles. The summed E-state index contributed by atoms with van der Waals surface area (Å²) < 4.78 is 26.5. The van der Waals surface area contributed by atoms with E-state index in [-0.39, 0.29) is 11.3 Å². The van der Waals surface area contributed by atoms with Crippen molar-refractivity contribution >= 4 is 27.8 Å². The van der Waals surface area contributed by atoms with Gasteiger partial charge in [-0.2, -0.15) is 16.5 Å². The summed E-state index contributed by atoms with van der Waals surface area (Å²) >= 11 is 1.48. The Morgan fingerprint density at radius 2 is 1.95 bits per heavy atom. The summed E-state index contributed by atoms with van der Waals surface area (Å²) in [6, 6.07) is 5.35. The summed E-state index contributed by atoms with van der Waals surface area (Å²) in [7, 11) is -3.80. The lowest BCUT2D eigenvalue weighted by molar-refractivity contribution is -0.139. The summed E-state index contributed by atoms with van der Waals surface area (Å²) in [6.07, 6.45) is 2.92. The molecule has 0 saturated heterocycles. The van der Waals surface area contributed by atoms with Gasteiger partial charge in [0.15, 0.2) is 0 Å². The number of aryl methyl sites for hydroxylation is 1. The van der Waals surface area contributed by atoms with Gasteiger partial charge in [-0.1, -0.05) is 19.1 Å². The zero-order valence-corrected chi connectivity index (χ0v) is 13.1. The fraction of sp³-hybridized carbons (Fsp3) is 0.462. The fourth-order valence-electron chi connectivity index (χ4n) is 1.63. The van der Waals surface area contributed by atoms with Crippen LogP contribution in [0.5, 0.6) is 0 Å². The number of carboxylic acid groups (broad SMARTS) is 1. The van der Waals surface area contributed by atoms with E-state index in [9.17, 15) is 13.2 Å². The number of benzene rings is 1. The van der Waals surface area contributed by atoms with Crippen LogP contribution in [0, 0.1) is 0 Å². The molecule has 1 aromatic rings. The van der Waals surface area contributed by atoms with Crippen molar-refractivity contribution in [2.24, 2.45) is 0 Å². The smallest absolute Gasteiger partial charge is 0.321 e. The van der Waals surface area contributed by atoms with Crippen molar-refractivity contribution in [2.75, 3.05) is 12.0 Å². The van der Waals surface area contributed by atoms with Crippen LogP contribution >= 0.6 is 11.8 Å². The van der Waals surface area contributed by atoms with Crippen LogP contribution in [0.1, 0.15) is 18.9 Å². The summed E-state index contributed by atoms with van der Waals surface area (Å²) in [5, 5.41) is 9.06. The number of rotatable bonds is 8. The van der Waals surface area contributed by atoms with Gasteiger partial charge in [-0.3, -0.25) is 4.79 Å². The van der Waals surface area contributed by atoms with Crippen LogP contribution in [0.3, 0.4) is 0 Å². The molecule has 0 aromatic heterocycles. The second-order valence-electron chi connectivity index (χ2n) is 4.29. The Labute approximate surface area is 123 Å². The van der Waals surface area contributed by atoms with Gasteiger partial charge in [-0.15, -0.1) is 0 Å². The molecule has 2 N–H and O–H groups in total. The Morgan fingerprint density at radius 3 is 2.40 bits per heavy atom. The van der Waals surface area contributed by atoms with Gasteiger partial charge in [-0.05, 0) is 42.5 Å². The number of nitrogens with one attached hydrogen (secondary N) is 1. The van der Waals surface area contributed by atoms with E-state index in [1.807, 2.05) is 13.2 Å². The van der Waals surface area contributed by atoms with Crippen LogP contribution < -0.4 is 4.72 Å². The maximum atomic E-state index is 12.1. The van der Waals surface area contributed by atoms with Gasteiger partial charge in [0.2, 0.25) is 10.0 Å². The first-order valence-electron chi connectivity index (χ1n) is 6.23. The van der Waals surface area contributed by atoms with Gasteiger partial charge < -0.3 is 5.11 Å². The van der Waals surface area contributed by atoms with Gasteiger partial charge in [0.05, 0.1) is 4.90 Å². The first-order chi connectivity index (χ1) is 9.40. The first kappa shape index (κ1) is 17.0. The third-order valence-electron chi connectivity index (χ3n) is 2.85. The molecule has 0 aliphatic rings. The Hall–Kier alpha value is -1.05. The van der Waals surface area contributed by atoms with Crippen LogP contribution in [-0.4, -0.2) is 37.5 Å². The van der Waals surface area contributed by atoms with Crippen molar-refractivity contribution in [2.45, 2.75) is 30.7 Å². The Morgan fingerprint density at radius 1 is 1.35 bits per heavy atom. The lowest BCUT2D eigenvalue weighted by Gasteiger charge is -2.14. The molecule has 0 spiro atoms. The predicted octanol–water partition coefficient (Wildman–Crippen LogP) is 1.73. The molecule has 1 aromatic carbocycles. The van der Waals surface area contributed by atoms with E-state index in [0.29, 0.717) is 5.75 Å². The highest BCUT2D eigenvalue weighted by Gasteiger charge is 2.24. The second kappa shape index (κ2) is 7.66. The molecule has 0 bridgehead atoms. The lowest BCUT2D eigenvalue weighted by atomic mass is 10.2. The van der Waals surface area contributed by atoms with Gasteiger partial charge in [0.25, 0.3) is 0 Å². The van der Waals surface area contributed by atoms with Crippen molar-refractivity contribution in [1.29, 1.82) is 0 Å². The Balaban J connectivity index is 2.88. The van der Waals surface area contributed by atoms with Crippen LogP contribution in [0.15, 0.2) is 29.2 Å². The topological polar surface area (TPSA) is 83.5 Å². The Kier molecular flexibility index (Phi) is 6.51. The summed E-state index contributed by atoms with van der Waals surface area (Å²) in [5.41, 5.74) is 1.03. The maximum Gasteiger partial charge on any atom is 0.321 e. The molecule has 0 radical (unpaired) electrons. The van der Waals surface area contributed by atoms with E-state index >= 15 is 0 Å². The van der Waals surface area contributed by atoms with Crippen LogP contribution in [-0.2, 0) is 21.2 Å². The molecule has 20 heavy (non-hydrogen) atoms. The average molecular weight is 317 g/mol. The van der Waals surface area contributed by atoms with E-state index in [2.05, 4.69) is 4.72 Å². The first-order valence-corrected chi connectivity index (χ1v) is 9.11. The highest BCUT2D eigenvalue weighted by Crippen LogP contribution is 2.13. The molecule has 0 unspecified atom stereocenters. The summed E-state index contributed by atoms with van der Waals surface area (Å²) in [5.74, 6) is -0.582. The highest BCUT2D eigenvalue weighted by atomic mass is 32.2. The number of aliphatic carboxylic acids is 1. The fourth-order valence-corrected chi connectivity index (χ4v) is 3.32. The molecule has 0 heterocycles. The normalized spacial score (nSPS) is 13.1. The molecule has 0 saturated carbocycles. The van der Waals surface area contributed by atoms with E-state index in [1.54, 1.807) is 12.1 Å². The number of hydrogen-bond donors (Lipinski definition) is 2. The van der Waals surface area contributed by atoms with E-state index in [0.717, 1.165) is 12.0 Å². The number of hydrogen-bond acceptors (Lipinski definition) is 4. The van der Waals surface area contributed by atoms with Crippen molar-refractivity contribution in [3.63, 3.8) is 0 Å². The minimum absolute atomic E-state index is 0.0881. The number of carboxylic acids is 1.